The highest BCUT2D eigenvalue weighted by Crippen LogP contribution is 2.22. The second-order valence-corrected chi connectivity index (χ2v) is 5.66. The summed E-state index contributed by atoms with van der Waals surface area (Å²) >= 11 is 3.38. The van der Waals surface area contributed by atoms with Crippen LogP contribution < -0.4 is 5.14 Å². The molecule has 0 saturated carbocycles. The van der Waals surface area contributed by atoms with Gasteiger partial charge in [0, 0.05) is 4.83 Å². The maximum atomic E-state index is 10.9. The lowest BCUT2D eigenvalue weighted by Gasteiger charge is -2.03. The summed E-state index contributed by atoms with van der Waals surface area (Å²) < 4.78 is 21.8. The van der Waals surface area contributed by atoms with Crippen LogP contribution in [0, 0.1) is 0 Å². The van der Waals surface area contributed by atoms with Crippen molar-refractivity contribution in [3.8, 4) is 0 Å². The first-order valence-corrected chi connectivity index (χ1v) is 6.14. The molecule has 5 heteroatoms. The Kier molecular flexibility index (Phi) is 3.10. The molecule has 0 aromatic heterocycles. The maximum Gasteiger partial charge on any atom is 0.238 e. The van der Waals surface area contributed by atoms with Crippen molar-refractivity contribution in [1.82, 2.24) is 0 Å². The van der Waals surface area contributed by atoms with Crippen molar-refractivity contribution in [1.29, 1.82) is 0 Å². The van der Waals surface area contributed by atoms with Crippen LogP contribution in [0.25, 0.3) is 0 Å². The Morgan fingerprint density at radius 1 is 1.31 bits per heavy atom. The molecule has 1 rings (SSSR count). The van der Waals surface area contributed by atoms with Crippen LogP contribution in [-0.4, -0.2) is 8.42 Å². The van der Waals surface area contributed by atoms with Crippen molar-refractivity contribution in [3.05, 3.63) is 29.8 Å². The predicted molar refractivity (Wildman–Crippen MR) is 55.2 cm³/mol. The molecule has 1 aromatic rings. The van der Waals surface area contributed by atoms with E-state index in [0.29, 0.717) is 0 Å². The molecule has 2 N–H and O–H groups in total. The van der Waals surface area contributed by atoms with E-state index >= 15 is 0 Å². The smallest absolute Gasteiger partial charge is 0.225 e. The fraction of sp³-hybridized carbons (Fsp3) is 0.250. The van der Waals surface area contributed by atoms with Crippen molar-refractivity contribution in [3.63, 3.8) is 0 Å². The number of halogens is 1. The number of hydrogen-bond acceptors (Lipinski definition) is 2. The van der Waals surface area contributed by atoms with Gasteiger partial charge >= 0.3 is 0 Å². The third-order valence-corrected chi connectivity index (χ3v) is 3.13. The van der Waals surface area contributed by atoms with Gasteiger partial charge in [0.05, 0.1) is 4.90 Å². The molecule has 0 aliphatic heterocycles. The van der Waals surface area contributed by atoms with E-state index < -0.39 is 10.0 Å². The van der Waals surface area contributed by atoms with Gasteiger partial charge in [-0.2, -0.15) is 0 Å². The summed E-state index contributed by atoms with van der Waals surface area (Å²) in [4.78, 5) is 0.353. The highest BCUT2D eigenvalue weighted by atomic mass is 79.9. The van der Waals surface area contributed by atoms with Gasteiger partial charge in [0.25, 0.3) is 0 Å². The first-order valence-electron chi connectivity index (χ1n) is 3.68. The monoisotopic (exact) mass is 263 g/mol. The van der Waals surface area contributed by atoms with Crippen molar-refractivity contribution >= 4 is 26.0 Å². The average Bonchev–Trinajstić information content (AvgIpc) is 2.03. The zero-order valence-electron chi connectivity index (χ0n) is 7.07. The van der Waals surface area contributed by atoms with Crippen LogP contribution in [-0.2, 0) is 10.0 Å². The molecule has 3 nitrogen and oxygen atoms in total. The predicted octanol–water partition coefficient (Wildman–Crippen LogP) is 1.79. The number of sulfonamides is 1. The van der Waals surface area contributed by atoms with Crippen molar-refractivity contribution in [2.45, 2.75) is 16.6 Å². The van der Waals surface area contributed by atoms with Gasteiger partial charge in [-0.1, -0.05) is 28.1 Å². The number of alkyl halides is 1. The number of hydrogen-bond donors (Lipinski definition) is 1. The SMILES string of the molecule is CC(Br)c1ccc(S(N)(=O)=O)cc1. The van der Waals surface area contributed by atoms with Gasteiger partial charge in [0.2, 0.25) is 10.0 Å². The van der Waals surface area contributed by atoms with E-state index in [9.17, 15) is 8.42 Å². The Bertz CT molecular complexity index is 383. The van der Waals surface area contributed by atoms with Gasteiger partial charge in [-0.05, 0) is 24.6 Å². The molecule has 1 unspecified atom stereocenters. The molecule has 0 saturated heterocycles. The lowest BCUT2D eigenvalue weighted by molar-refractivity contribution is 0.598. The minimum atomic E-state index is -3.56. The number of primary sulfonamides is 1. The molecule has 0 radical (unpaired) electrons. The Labute approximate surface area is 86.1 Å². The van der Waals surface area contributed by atoms with Crippen LogP contribution in [0.15, 0.2) is 29.2 Å². The largest absolute Gasteiger partial charge is 0.238 e. The van der Waals surface area contributed by atoms with Crippen LogP contribution in [0.4, 0.5) is 0 Å². The molecular weight excluding hydrogens is 254 g/mol. The molecule has 0 spiro atoms. The molecule has 1 aromatic carbocycles. The molecule has 0 bridgehead atoms. The second kappa shape index (κ2) is 3.77. The molecule has 72 valence electrons. The molecule has 0 aliphatic carbocycles. The van der Waals surface area contributed by atoms with E-state index in [1.807, 2.05) is 6.92 Å². The Balaban J connectivity index is 3.08. The van der Waals surface area contributed by atoms with Crippen LogP contribution in [0.1, 0.15) is 17.3 Å². The molecule has 0 amide bonds. The quantitative estimate of drug-likeness (QED) is 0.828. The van der Waals surface area contributed by atoms with Crippen molar-refractivity contribution < 1.29 is 8.42 Å². The topological polar surface area (TPSA) is 60.2 Å². The number of nitrogens with two attached hydrogens (primary N) is 1. The van der Waals surface area contributed by atoms with E-state index in [1.165, 1.54) is 12.1 Å². The van der Waals surface area contributed by atoms with Crippen LogP contribution in [0.3, 0.4) is 0 Å². The van der Waals surface area contributed by atoms with Gasteiger partial charge in [-0.25, -0.2) is 13.6 Å². The van der Waals surface area contributed by atoms with Crippen molar-refractivity contribution in [2.24, 2.45) is 5.14 Å². The minimum absolute atomic E-state index is 0.143. The molecular formula is C8H10BrNO2S. The van der Waals surface area contributed by atoms with Gasteiger partial charge in [-0.3, -0.25) is 0 Å². The molecule has 13 heavy (non-hydrogen) atoms. The van der Waals surface area contributed by atoms with Gasteiger partial charge in [0.15, 0.2) is 0 Å². The average molecular weight is 264 g/mol. The summed E-state index contributed by atoms with van der Waals surface area (Å²) in [6.45, 7) is 1.96. The zero-order valence-corrected chi connectivity index (χ0v) is 9.47. The molecule has 0 aliphatic rings. The van der Waals surface area contributed by atoms with Gasteiger partial charge in [0.1, 0.15) is 0 Å². The standard InChI is InChI=1S/C8H10BrNO2S/c1-6(9)7-2-4-8(5-3-7)13(10,11)12/h2-6H,1H3,(H2,10,11,12). The summed E-state index contributed by atoms with van der Waals surface area (Å²) in [5, 5.41) is 4.94. The molecule has 0 heterocycles. The van der Waals surface area contributed by atoms with Crippen LogP contribution >= 0.6 is 15.9 Å². The van der Waals surface area contributed by atoms with E-state index in [-0.39, 0.29) is 9.72 Å². The fourth-order valence-electron chi connectivity index (χ4n) is 0.923. The fourth-order valence-corrected chi connectivity index (χ4v) is 1.74. The first-order chi connectivity index (χ1) is 5.91. The van der Waals surface area contributed by atoms with Crippen LogP contribution in [0.5, 0.6) is 0 Å². The Morgan fingerprint density at radius 2 is 1.77 bits per heavy atom. The lowest BCUT2D eigenvalue weighted by atomic mass is 10.2. The first kappa shape index (κ1) is 10.7. The second-order valence-electron chi connectivity index (χ2n) is 2.73. The van der Waals surface area contributed by atoms with E-state index in [4.69, 9.17) is 5.14 Å². The highest BCUT2D eigenvalue weighted by Gasteiger charge is 2.07. The van der Waals surface area contributed by atoms with E-state index in [1.54, 1.807) is 12.1 Å². The lowest BCUT2D eigenvalue weighted by Crippen LogP contribution is -2.11. The maximum absolute atomic E-state index is 10.9. The Morgan fingerprint density at radius 3 is 2.08 bits per heavy atom. The van der Waals surface area contributed by atoms with Gasteiger partial charge in [-0.15, -0.1) is 0 Å². The Hall–Kier alpha value is -0.390. The van der Waals surface area contributed by atoms with Gasteiger partial charge < -0.3 is 0 Å². The number of benzene rings is 1. The third kappa shape index (κ3) is 2.79. The zero-order chi connectivity index (χ0) is 10.1. The van der Waals surface area contributed by atoms with Crippen LogP contribution in [0.2, 0.25) is 0 Å². The van der Waals surface area contributed by atoms with E-state index in [2.05, 4.69) is 15.9 Å². The normalized spacial score (nSPS) is 14.1. The van der Waals surface area contributed by atoms with E-state index in [0.717, 1.165) is 5.56 Å². The highest BCUT2D eigenvalue weighted by molar-refractivity contribution is 9.09. The minimum Gasteiger partial charge on any atom is -0.225 e. The summed E-state index contributed by atoms with van der Waals surface area (Å²) in [6.07, 6.45) is 0. The number of rotatable bonds is 2. The molecule has 0 fully saturated rings. The summed E-state index contributed by atoms with van der Waals surface area (Å²) in [7, 11) is -3.56. The summed E-state index contributed by atoms with van der Waals surface area (Å²) in [6, 6.07) is 6.48. The summed E-state index contributed by atoms with van der Waals surface area (Å²) in [5.74, 6) is 0. The third-order valence-electron chi connectivity index (χ3n) is 1.67. The van der Waals surface area contributed by atoms with Crippen molar-refractivity contribution in [2.75, 3.05) is 0 Å². The molecule has 1 atom stereocenters. The summed E-state index contributed by atoms with van der Waals surface area (Å²) in [5.41, 5.74) is 1.02.